The van der Waals surface area contributed by atoms with E-state index in [1.807, 2.05) is 23.9 Å². The average Bonchev–Trinajstić information content (AvgIpc) is 2.51. The monoisotopic (exact) mass is 312 g/mol. The highest BCUT2D eigenvalue weighted by Gasteiger charge is 2.45. The molecule has 0 N–H and O–H groups in total. The average molecular weight is 312 g/mol. The van der Waals surface area contributed by atoms with Crippen LogP contribution in [-0.2, 0) is 4.79 Å². The fourth-order valence-corrected chi connectivity index (χ4v) is 5.00. The van der Waals surface area contributed by atoms with Gasteiger partial charge in [-0.1, -0.05) is 49.8 Å². The molecule has 3 rings (SSSR count). The molecule has 22 heavy (non-hydrogen) atoms. The van der Waals surface area contributed by atoms with Crippen LogP contribution in [0.4, 0.5) is 0 Å². The maximum Gasteiger partial charge on any atom is 0.159 e. The van der Waals surface area contributed by atoms with Gasteiger partial charge in [-0.25, -0.2) is 0 Å². The third-order valence-corrected chi connectivity index (χ3v) is 6.41. The lowest BCUT2D eigenvalue weighted by Crippen LogP contribution is -2.43. The van der Waals surface area contributed by atoms with E-state index in [9.17, 15) is 4.79 Å². The summed E-state index contributed by atoms with van der Waals surface area (Å²) in [6.07, 6.45) is 7.35. The Morgan fingerprint density at radius 1 is 1.23 bits per heavy atom. The third-order valence-electron chi connectivity index (χ3n) is 5.28. The predicted molar refractivity (Wildman–Crippen MR) is 93.9 cm³/mol. The molecule has 2 heteroatoms. The van der Waals surface area contributed by atoms with Gasteiger partial charge in [0, 0.05) is 16.6 Å². The number of hydrogen-bond donors (Lipinski definition) is 0. The van der Waals surface area contributed by atoms with Gasteiger partial charge in [-0.3, -0.25) is 4.79 Å². The molecule has 0 fully saturated rings. The molecule has 2 aliphatic rings. The maximum atomic E-state index is 12.6. The minimum Gasteiger partial charge on any atom is -0.295 e. The van der Waals surface area contributed by atoms with E-state index in [2.05, 4.69) is 57.2 Å². The SMILES string of the molecule is CC1=CC[C@@H]2[C@@H](C(=O)C=CC2(C)C)[C@H]1CSc1ccccc1. The van der Waals surface area contributed by atoms with E-state index in [0.717, 1.165) is 12.2 Å². The van der Waals surface area contributed by atoms with Crippen molar-refractivity contribution in [3.05, 3.63) is 54.1 Å². The number of thioether (sulfide) groups is 1. The normalized spacial score (nSPS) is 29.9. The number of carbonyl (C=O) groups is 1. The lowest BCUT2D eigenvalue weighted by atomic mass is 9.59. The lowest BCUT2D eigenvalue weighted by molar-refractivity contribution is -0.123. The van der Waals surface area contributed by atoms with Crippen molar-refractivity contribution in [1.29, 1.82) is 0 Å². The molecule has 0 heterocycles. The molecule has 0 saturated carbocycles. The first-order valence-electron chi connectivity index (χ1n) is 8.06. The maximum absolute atomic E-state index is 12.6. The van der Waals surface area contributed by atoms with Crippen molar-refractivity contribution in [2.24, 2.45) is 23.2 Å². The molecule has 0 spiro atoms. The predicted octanol–water partition coefficient (Wildman–Crippen LogP) is 5.14. The summed E-state index contributed by atoms with van der Waals surface area (Å²) in [6, 6.07) is 10.5. The number of fused-ring (bicyclic) bond motifs is 1. The van der Waals surface area contributed by atoms with Crippen LogP contribution in [-0.4, -0.2) is 11.5 Å². The zero-order chi connectivity index (χ0) is 15.7. The lowest BCUT2D eigenvalue weighted by Gasteiger charge is -2.45. The number of carbonyl (C=O) groups excluding carboxylic acids is 1. The molecule has 0 saturated heterocycles. The van der Waals surface area contributed by atoms with Crippen LogP contribution in [0.1, 0.15) is 27.2 Å². The van der Waals surface area contributed by atoms with Gasteiger partial charge >= 0.3 is 0 Å². The van der Waals surface area contributed by atoms with Gasteiger partial charge < -0.3 is 0 Å². The van der Waals surface area contributed by atoms with Crippen molar-refractivity contribution in [2.75, 3.05) is 5.75 Å². The van der Waals surface area contributed by atoms with E-state index >= 15 is 0 Å². The summed E-state index contributed by atoms with van der Waals surface area (Å²) in [7, 11) is 0. The van der Waals surface area contributed by atoms with E-state index in [-0.39, 0.29) is 11.3 Å². The van der Waals surface area contributed by atoms with Gasteiger partial charge in [0.25, 0.3) is 0 Å². The molecule has 3 atom stereocenters. The van der Waals surface area contributed by atoms with Gasteiger partial charge in [-0.05, 0) is 48.8 Å². The first kappa shape index (κ1) is 15.6. The molecule has 0 unspecified atom stereocenters. The van der Waals surface area contributed by atoms with Crippen LogP contribution in [0.25, 0.3) is 0 Å². The third kappa shape index (κ3) is 2.94. The van der Waals surface area contributed by atoms with Crippen LogP contribution in [0.2, 0.25) is 0 Å². The second kappa shape index (κ2) is 6.08. The largest absolute Gasteiger partial charge is 0.295 e. The second-order valence-corrected chi connectivity index (χ2v) is 8.20. The van der Waals surface area contributed by atoms with Crippen molar-refractivity contribution in [2.45, 2.75) is 32.1 Å². The molecule has 116 valence electrons. The quantitative estimate of drug-likeness (QED) is 0.567. The second-order valence-electron chi connectivity index (χ2n) is 7.10. The van der Waals surface area contributed by atoms with E-state index in [1.54, 1.807) is 0 Å². The van der Waals surface area contributed by atoms with Crippen molar-refractivity contribution >= 4 is 17.5 Å². The van der Waals surface area contributed by atoms with Crippen LogP contribution in [0.15, 0.2) is 59.0 Å². The zero-order valence-corrected chi connectivity index (χ0v) is 14.4. The number of ketones is 1. The van der Waals surface area contributed by atoms with Gasteiger partial charge in [-0.2, -0.15) is 0 Å². The standard InChI is InChI=1S/C20H24OS/c1-14-9-10-17-19(18(21)11-12-20(17,2)3)16(14)13-22-15-7-5-4-6-8-15/h4-9,11-12,16-17,19H,10,13H2,1-3H3/t16-,17+,19-/m0/s1. The molecule has 1 aromatic carbocycles. The molecule has 0 radical (unpaired) electrons. The fraction of sp³-hybridized carbons (Fsp3) is 0.450. The van der Waals surface area contributed by atoms with Crippen LogP contribution < -0.4 is 0 Å². The highest BCUT2D eigenvalue weighted by Crippen LogP contribution is 2.49. The van der Waals surface area contributed by atoms with Gasteiger partial charge in [0.05, 0.1) is 0 Å². The highest BCUT2D eigenvalue weighted by atomic mass is 32.2. The summed E-state index contributed by atoms with van der Waals surface area (Å²) in [5.74, 6) is 2.27. The topological polar surface area (TPSA) is 17.1 Å². The fourth-order valence-electron chi connectivity index (χ4n) is 3.81. The zero-order valence-electron chi connectivity index (χ0n) is 13.6. The molecule has 0 aromatic heterocycles. The molecule has 2 aliphatic carbocycles. The Bertz CT molecular complexity index is 612. The van der Waals surface area contributed by atoms with E-state index in [4.69, 9.17) is 0 Å². The van der Waals surface area contributed by atoms with Crippen molar-refractivity contribution in [3.63, 3.8) is 0 Å². The van der Waals surface area contributed by atoms with Crippen LogP contribution in [0.3, 0.4) is 0 Å². The van der Waals surface area contributed by atoms with Gasteiger partial charge in [0.2, 0.25) is 0 Å². The number of rotatable bonds is 3. The molecule has 1 nitrogen and oxygen atoms in total. The van der Waals surface area contributed by atoms with Crippen molar-refractivity contribution in [1.82, 2.24) is 0 Å². The highest BCUT2D eigenvalue weighted by molar-refractivity contribution is 7.99. The Morgan fingerprint density at radius 2 is 1.95 bits per heavy atom. The van der Waals surface area contributed by atoms with E-state index < -0.39 is 0 Å². The molecular weight excluding hydrogens is 288 g/mol. The number of benzene rings is 1. The first-order valence-corrected chi connectivity index (χ1v) is 9.05. The Balaban J connectivity index is 1.82. The molecular formula is C20H24OS. The summed E-state index contributed by atoms with van der Waals surface area (Å²) in [5.41, 5.74) is 1.51. The van der Waals surface area contributed by atoms with Gasteiger partial charge in [-0.15, -0.1) is 11.8 Å². The summed E-state index contributed by atoms with van der Waals surface area (Å²) >= 11 is 1.87. The Morgan fingerprint density at radius 3 is 2.68 bits per heavy atom. The number of hydrogen-bond acceptors (Lipinski definition) is 2. The molecule has 0 aliphatic heterocycles. The summed E-state index contributed by atoms with van der Waals surface area (Å²) in [6.45, 7) is 6.73. The Kier molecular flexibility index (Phi) is 4.31. The van der Waals surface area contributed by atoms with Crippen LogP contribution in [0.5, 0.6) is 0 Å². The van der Waals surface area contributed by atoms with Crippen LogP contribution >= 0.6 is 11.8 Å². The van der Waals surface area contributed by atoms with Gasteiger partial charge in [0.15, 0.2) is 5.78 Å². The minimum atomic E-state index is 0.117. The Labute approximate surface area is 137 Å². The van der Waals surface area contributed by atoms with Crippen molar-refractivity contribution < 1.29 is 4.79 Å². The van der Waals surface area contributed by atoms with Crippen LogP contribution in [0, 0.1) is 23.2 Å². The molecule has 1 aromatic rings. The first-order chi connectivity index (χ1) is 10.5. The summed E-state index contributed by atoms with van der Waals surface area (Å²) < 4.78 is 0. The summed E-state index contributed by atoms with van der Waals surface area (Å²) in [5, 5.41) is 0. The Hall–Kier alpha value is -1.28. The minimum absolute atomic E-state index is 0.117. The number of allylic oxidation sites excluding steroid dienone is 4. The van der Waals surface area contributed by atoms with Crippen molar-refractivity contribution in [3.8, 4) is 0 Å². The van der Waals surface area contributed by atoms with E-state index in [0.29, 0.717) is 17.6 Å². The van der Waals surface area contributed by atoms with E-state index in [1.165, 1.54) is 10.5 Å². The molecule has 0 amide bonds. The summed E-state index contributed by atoms with van der Waals surface area (Å²) in [4.78, 5) is 13.8. The molecule has 0 bridgehead atoms. The van der Waals surface area contributed by atoms with Gasteiger partial charge in [0.1, 0.15) is 0 Å². The smallest absolute Gasteiger partial charge is 0.159 e.